The van der Waals surface area contributed by atoms with E-state index in [4.69, 9.17) is 10.5 Å². The minimum atomic E-state index is -0.112. The van der Waals surface area contributed by atoms with Gasteiger partial charge in [0.15, 0.2) is 5.78 Å². The summed E-state index contributed by atoms with van der Waals surface area (Å²) >= 11 is 3.33. The van der Waals surface area contributed by atoms with Crippen molar-refractivity contribution in [2.24, 2.45) is 0 Å². The molecule has 4 heteroatoms. The van der Waals surface area contributed by atoms with Crippen LogP contribution in [0.5, 0.6) is 5.75 Å². The maximum atomic E-state index is 12.3. The van der Waals surface area contributed by atoms with Crippen molar-refractivity contribution in [1.29, 1.82) is 0 Å². The quantitative estimate of drug-likeness (QED) is 0.699. The van der Waals surface area contributed by atoms with Crippen molar-refractivity contribution in [2.45, 2.75) is 0 Å². The number of halogens is 1. The molecule has 0 aliphatic carbocycles. The Morgan fingerprint density at radius 3 is 2.44 bits per heavy atom. The number of hydrogen-bond acceptors (Lipinski definition) is 3. The van der Waals surface area contributed by atoms with Gasteiger partial charge < -0.3 is 10.5 Å². The first kappa shape index (κ1) is 12.6. The van der Waals surface area contributed by atoms with E-state index in [1.807, 2.05) is 12.1 Å². The first-order chi connectivity index (χ1) is 8.61. The summed E-state index contributed by atoms with van der Waals surface area (Å²) in [7, 11) is 1.55. The minimum absolute atomic E-state index is 0.112. The molecular weight excluding hydrogens is 294 g/mol. The molecule has 0 aliphatic heterocycles. The summed E-state index contributed by atoms with van der Waals surface area (Å²) in [5, 5.41) is 0. The van der Waals surface area contributed by atoms with Crippen LogP contribution in [-0.2, 0) is 0 Å². The predicted molar refractivity (Wildman–Crippen MR) is 75.0 cm³/mol. The van der Waals surface area contributed by atoms with Crippen LogP contribution in [-0.4, -0.2) is 12.9 Å². The van der Waals surface area contributed by atoms with Crippen molar-refractivity contribution in [3.05, 3.63) is 58.1 Å². The van der Waals surface area contributed by atoms with E-state index < -0.39 is 0 Å². The number of ketones is 1. The summed E-state index contributed by atoms with van der Waals surface area (Å²) in [5.74, 6) is 0.503. The van der Waals surface area contributed by atoms with E-state index in [0.717, 1.165) is 4.47 Å². The third-order valence-corrected chi connectivity index (χ3v) is 3.14. The number of ether oxygens (including phenoxy) is 1. The topological polar surface area (TPSA) is 52.3 Å². The normalized spacial score (nSPS) is 10.1. The van der Waals surface area contributed by atoms with Gasteiger partial charge >= 0.3 is 0 Å². The Morgan fingerprint density at radius 1 is 1.17 bits per heavy atom. The SMILES string of the molecule is COc1ccc(N)c(C(=O)c2ccc(Br)cc2)c1. The molecular formula is C14H12BrNO2. The van der Waals surface area contributed by atoms with Crippen LogP contribution in [0.1, 0.15) is 15.9 Å². The monoisotopic (exact) mass is 305 g/mol. The van der Waals surface area contributed by atoms with E-state index in [1.165, 1.54) is 0 Å². The number of nitrogens with two attached hydrogens (primary N) is 1. The zero-order valence-corrected chi connectivity index (χ0v) is 11.4. The van der Waals surface area contributed by atoms with Crippen LogP contribution in [0.15, 0.2) is 46.9 Å². The van der Waals surface area contributed by atoms with E-state index in [9.17, 15) is 4.79 Å². The van der Waals surface area contributed by atoms with Crippen molar-refractivity contribution in [3.63, 3.8) is 0 Å². The number of carbonyl (C=O) groups is 1. The smallest absolute Gasteiger partial charge is 0.195 e. The van der Waals surface area contributed by atoms with Crippen LogP contribution < -0.4 is 10.5 Å². The van der Waals surface area contributed by atoms with E-state index in [0.29, 0.717) is 22.6 Å². The van der Waals surface area contributed by atoms with Crippen LogP contribution in [0, 0.1) is 0 Å². The van der Waals surface area contributed by atoms with Crippen molar-refractivity contribution in [3.8, 4) is 5.75 Å². The summed E-state index contributed by atoms with van der Waals surface area (Å²) < 4.78 is 6.03. The molecule has 0 spiro atoms. The molecule has 0 fully saturated rings. The maximum Gasteiger partial charge on any atom is 0.195 e. The second-order valence-corrected chi connectivity index (χ2v) is 4.70. The van der Waals surface area contributed by atoms with Crippen LogP contribution in [0.25, 0.3) is 0 Å². The Bertz CT molecular complexity index is 579. The first-order valence-corrected chi connectivity index (χ1v) is 6.15. The molecule has 2 aromatic rings. The molecule has 3 nitrogen and oxygen atoms in total. The largest absolute Gasteiger partial charge is 0.497 e. The Kier molecular flexibility index (Phi) is 3.67. The van der Waals surface area contributed by atoms with Crippen LogP contribution in [0.3, 0.4) is 0 Å². The summed E-state index contributed by atoms with van der Waals surface area (Å²) in [6.07, 6.45) is 0. The molecule has 0 unspecified atom stereocenters. The first-order valence-electron chi connectivity index (χ1n) is 5.35. The highest BCUT2D eigenvalue weighted by molar-refractivity contribution is 9.10. The molecule has 2 rings (SSSR count). The Hall–Kier alpha value is -1.81. The molecule has 0 saturated carbocycles. The van der Waals surface area contributed by atoms with Gasteiger partial charge in [-0.25, -0.2) is 0 Å². The fraction of sp³-hybridized carbons (Fsp3) is 0.0714. The molecule has 0 heterocycles. The van der Waals surface area contributed by atoms with E-state index in [-0.39, 0.29) is 5.78 Å². The van der Waals surface area contributed by atoms with Gasteiger partial charge in [0, 0.05) is 21.3 Å². The molecule has 2 N–H and O–H groups in total. The number of hydrogen-bond donors (Lipinski definition) is 1. The number of nitrogen functional groups attached to an aromatic ring is 1. The molecule has 0 saturated heterocycles. The average molecular weight is 306 g/mol. The molecule has 0 atom stereocenters. The van der Waals surface area contributed by atoms with Crippen molar-refractivity contribution in [2.75, 3.05) is 12.8 Å². The lowest BCUT2D eigenvalue weighted by Crippen LogP contribution is -2.05. The van der Waals surface area contributed by atoms with Gasteiger partial charge in [-0.3, -0.25) is 4.79 Å². The fourth-order valence-corrected chi connectivity index (χ4v) is 1.88. The number of anilines is 1. The fourth-order valence-electron chi connectivity index (χ4n) is 1.62. The molecule has 0 bridgehead atoms. The molecule has 0 aromatic heterocycles. The Morgan fingerprint density at radius 2 is 1.83 bits per heavy atom. The van der Waals surface area contributed by atoms with Gasteiger partial charge in [-0.05, 0) is 42.5 Å². The van der Waals surface area contributed by atoms with Gasteiger partial charge in [-0.1, -0.05) is 15.9 Å². The Balaban J connectivity index is 2.42. The zero-order valence-electron chi connectivity index (χ0n) is 9.81. The van der Waals surface area contributed by atoms with Crippen molar-refractivity contribution in [1.82, 2.24) is 0 Å². The summed E-state index contributed by atoms with van der Waals surface area (Å²) in [5.41, 5.74) is 7.33. The second-order valence-electron chi connectivity index (χ2n) is 3.79. The highest BCUT2D eigenvalue weighted by Crippen LogP contribution is 2.23. The highest BCUT2D eigenvalue weighted by Gasteiger charge is 2.13. The zero-order chi connectivity index (χ0) is 13.1. The highest BCUT2D eigenvalue weighted by atomic mass is 79.9. The predicted octanol–water partition coefficient (Wildman–Crippen LogP) is 3.27. The summed E-state index contributed by atoms with van der Waals surface area (Å²) in [4.78, 5) is 12.3. The molecule has 18 heavy (non-hydrogen) atoms. The van der Waals surface area contributed by atoms with Gasteiger partial charge in [-0.2, -0.15) is 0 Å². The van der Waals surface area contributed by atoms with E-state index in [2.05, 4.69) is 15.9 Å². The number of methoxy groups -OCH3 is 1. The van der Waals surface area contributed by atoms with Gasteiger partial charge in [0.05, 0.1) is 7.11 Å². The molecule has 0 amide bonds. The number of rotatable bonds is 3. The van der Waals surface area contributed by atoms with Crippen LogP contribution in [0.4, 0.5) is 5.69 Å². The van der Waals surface area contributed by atoms with Crippen LogP contribution in [0.2, 0.25) is 0 Å². The summed E-state index contributed by atoms with van der Waals surface area (Å²) in [6, 6.07) is 12.2. The minimum Gasteiger partial charge on any atom is -0.497 e. The van der Waals surface area contributed by atoms with E-state index in [1.54, 1.807) is 37.4 Å². The number of carbonyl (C=O) groups excluding carboxylic acids is 1. The van der Waals surface area contributed by atoms with Crippen molar-refractivity contribution < 1.29 is 9.53 Å². The maximum absolute atomic E-state index is 12.3. The lowest BCUT2D eigenvalue weighted by Gasteiger charge is -2.07. The van der Waals surface area contributed by atoms with Gasteiger partial charge in [-0.15, -0.1) is 0 Å². The summed E-state index contributed by atoms with van der Waals surface area (Å²) in [6.45, 7) is 0. The van der Waals surface area contributed by atoms with E-state index >= 15 is 0 Å². The van der Waals surface area contributed by atoms with Crippen LogP contribution >= 0.6 is 15.9 Å². The van der Waals surface area contributed by atoms with Gasteiger partial charge in [0.25, 0.3) is 0 Å². The van der Waals surface area contributed by atoms with Crippen molar-refractivity contribution >= 4 is 27.4 Å². The average Bonchev–Trinajstić information content (AvgIpc) is 2.39. The lowest BCUT2D eigenvalue weighted by atomic mass is 10.0. The lowest BCUT2D eigenvalue weighted by molar-refractivity contribution is 0.103. The third-order valence-electron chi connectivity index (χ3n) is 2.61. The van der Waals surface area contributed by atoms with Gasteiger partial charge in [0.2, 0.25) is 0 Å². The standard InChI is InChI=1S/C14H12BrNO2/c1-18-11-6-7-13(16)12(8-11)14(17)9-2-4-10(15)5-3-9/h2-8H,16H2,1H3. The second kappa shape index (κ2) is 5.23. The molecule has 0 aliphatic rings. The number of benzene rings is 2. The molecule has 2 aromatic carbocycles. The Labute approximate surface area is 114 Å². The molecule has 92 valence electrons. The molecule has 0 radical (unpaired) electrons. The van der Waals surface area contributed by atoms with Gasteiger partial charge in [0.1, 0.15) is 5.75 Å². The third kappa shape index (κ3) is 2.54.